The molecule has 2 rings (SSSR count). The summed E-state index contributed by atoms with van der Waals surface area (Å²) in [4.78, 5) is 12.6. The van der Waals surface area contributed by atoms with Gasteiger partial charge in [0.2, 0.25) is 0 Å². The van der Waals surface area contributed by atoms with E-state index in [1.807, 2.05) is 0 Å². The summed E-state index contributed by atoms with van der Waals surface area (Å²) in [6, 6.07) is 4.80. The zero-order valence-electron chi connectivity index (χ0n) is 11.2. The summed E-state index contributed by atoms with van der Waals surface area (Å²) in [5.74, 6) is -1.35. The van der Waals surface area contributed by atoms with Gasteiger partial charge in [0.25, 0.3) is 0 Å². The average molecular weight is 279 g/mol. The van der Waals surface area contributed by atoms with Crippen LogP contribution < -0.4 is 0 Å². The van der Waals surface area contributed by atoms with Crippen LogP contribution in [0.15, 0.2) is 24.3 Å². The van der Waals surface area contributed by atoms with Crippen molar-refractivity contribution in [3.63, 3.8) is 0 Å². The van der Waals surface area contributed by atoms with E-state index in [-0.39, 0.29) is 5.82 Å². The number of carboxylic acid groups (broad SMARTS) is 1. The van der Waals surface area contributed by atoms with Crippen molar-refractivity contribution in [3.05, 3.63) is 41.2 Å². The molecule has 1 aliphatic heterocycles. The zero-order chi connectivity index (χ0) is 14.4. The molecule has 1 fully saturated rings. The lowest BCUT2D eigenvalue weighted by Crippen LogP contribution is -2.26. The van der Waals surface area contributed by atoms with Gasteiger partial charge in [-0.05, 0) is 24.1 Å². The molecular weight excluding hydrogens is 261 g/mol. The van der Waals surface area contributed by atoms with Crippen molar-refractivity contribution in [3.8, 4) is 0 Å². The van der Waals surface area contributed by atoms with Gasteiger partial charge in [0.05, 0.1) is 6.61 Å². The normalized spacial score (nSPS) is 17.2. The third-order valence-corrected chi connectivity index (χ3v) is 3.20. The van der Waals surface area contributed by atoms with Crippen molar-refractivity contribution < 1.29 is 19.0 Å². The summed E-state index contributed by atoms with van der Waals surface area (Å²) in [7, 11) is 0. The second-order valence-corrected chi connectivity index (χ2v) is 4.76. The van der Waals surface area contributed by atoms with Crippen LogP contribution in [-0.2, 0) is 16.1 Å². The largest absolute Gasteiger partial charge is 0.478 e. The van der Waals surface area contributed by atoms with Gasteiger partial charge in [-0.2, -0.15) is 0 Å². The molecule has 0 amide bonds. The molecule has 1 aliphatic rings. The molecule has 1 aromatic carbocycles. The first-order valence-corrected chi connectivity index (χ1v) is 6.65. The molecule has 20 heavy (non-hydrogen) atoms. The number of nitrogens with zero attached hydrogens (tertiary/aromatic N) is 1. The Bertz CT molecular complexity index is 494. The molecule has 0 bridgehead atoms. The summed E-state index contributed by atoms with van der Waals surface area (Å²) >= 11 is 0. The van der Waals surface area contributed by atoms with Crippen LogP contribution in [0.25, 0.3) is 6.08 Å². The standard InChI is InChI=1S/C15H18FNO3/c16-14-10-12(3-5-15(18)19)2-4-13(14)11-17-6-1-8-20-9-7-17/h2-5,10H,1,6-9,11H2,(H,18,19). The van der Waals surface area contributed by atoms with E-state index in [2.05, 4.69) is 4.90 Å². The highest BCUT2D eigenvalue weighted by molar-refractivity contribution is 5.85. The molecule has 0 aliphatic carbocycles. The fourth-order valence-electron chi connectivity index (χ4n) is 2.16. The highest BCUT2D eigenvalue weighted by atomic mass is 19.1. The van der Waals surface area contributed by atoms with Crippen LogP contribution >= 0.6 is 0 Å². The van der Waals surface area contributed by atoms with Gasteiger partial charge in [-0.15, -0.1) is 0 Å². The number of rotatable bonds is 4. The Morgan fingerprint density at radius 3 is 3.00 bits per heavy atom. The van der Waals surface area contributed by atoms with Crippen molar-refractivity contribution in [2.45, 2.75) is 13.0 Å². The van der Waals surface area contributed by atoms with E-state index in [1.165, 1.54) is 12.1 Å². The molecule has 1 N–H and O–H groups in total. The molecule has 0 saturated carbocycles. The molecule has 5 heteroatoms. The first kappa shape index (κ1) is 14.7. The fourth-order valence-corrected chi connectivity index (χ4v) is 2.16. The number of carbonyl (C=O) groups is 1. The summed E-state index contributed by atoms with van der Waals surface area (Å²) in [6.45, 7) is 3.71. The maximum atomic E-state index is 14.0. The number of benzene rings is 1. The van der Waals surface area contributed by atoms with Crippen LogP contribution in [0.1, 0.15) is 17.5 Å². The van der Waals surface area contributed by atoms with Crippen molar-refractivity contribution >= 4 is 12.0 Å². The van der Waals surface area contributed by atoms with E-state index in [0.717, 1.165) is 32.2 Å². The minimum atomic E-state index is -1.04. The number of aliphatic carboxylic acids is 1. The average Bonchev–Trinajstić information content (AvgIpc) is 2.68. The quantitative estimate of drug-likeness (QED) is 0.858. The lowest BCUT2D eigenvalue weighted by atomic mass is 10.1. The molecule has 4 nitrogen and oxygen atoms in total. The van der Waals surface area contributed by atoms with E-state index in [4.69, 9.17) is 9.84 Å². The maximum Gasteiger partial charge on any atom is 0.328 e. The van der Waals surface area contributed by atoms with Gasteiger partial charge in [0, 0.05) is 37.9 Å². The van der Waals surface area contributed by atoms with Crippen LogP contribution in [0.5, 0.6) is 0 Å². The van der Waals surface area contributed by atoms with E-state index in [9.17, 15) is 9.18 Å². The summed E-state index contributed by atoms with van der Waals surface area (Å²) < 4.78 is 19.4. The lowest BCUT2D eigenvalue weighted by molar-refractivity contribution is -0.131. The van der Waals surface area contributed by atoms with E-state index in [1.54, 1.807) is 12.1 Å². The predicted molar refractivity (Wildman–Crippen MR) is 73.8 cm³/mol. The number of ether oxygens (including phenoxy) is 1. The second-order valence-electron chi connectivity index (χ2n) is 4.76. The van der Waals surface area contributed by atoms with Crippen molar-refractivity contribution in [2.75, 3.05) is 26.3 Å². The Hall–Kier alpha value is -1.72. The van der Waals surface area contributed by atoms with Gasteiger partial charge < -0.3 is 9.84 Å². The highest BCUT2D eigenvalue weighted by Gasteiger charge is 2.12. The lowest BCUT2D eigenvalue weighted by Gasteiger charge is -2.19. The summed E-state index contributed by atoms with van der Waals surface area (Å²) in [5.41, 5.74) is 1.17. The Morgan fingerprint density at radius 1 is 1.40 bits per heavy atom. The smallest absolute Gasteiger partial charge is 0.328 e. The van der Waals surface area contributed by atoms with Crippen molar-refractivity contribution in [1.82, 2.24) is 4.90 Å². The van der Waals surface area contributed by atoms with Gasteiger partial charge in [0.1, 0.15) is 5.82 Å². The molecular formula is C15H18FNO3. The topological polar surface area (TPSA) is 49.8 Å². The number of halogens is 1. The Morgan fingerprint density at radius 2 is 2.25 bits per heavy atom. The SMILES string of the molecule is O=C(O)C=Cc1ccc(CN2CCCOCC2)c(F)c1. The van der Waals surface area contributed by atoms with Gasteiger partial charge in [-0.3, -0.25) is 4.90 Å². The summed E-state index contributed by atoms with van der Waals surface area (Å²) in [5, 5.41) is 8.54. The molecule has 0 radical (unpaired) electrons. The monoisotopic (exact) mass is 279 g/mol. The molecule has 1 heterocycles. The van der Waals surface area contributed by atoms with E-state index < -0.39 is 5.97 Å². The van der Waals surface area contributed by atoms with Gasteiger partial charge in [0.15, 0.2) is 0 Å². The molecule has 0 spiro atoms. The predicted octanol–water partition coefficient (Wildman–Crippen LogP) is 2.15. The van der Waals surface area contributed by atoms with E-state index >= 15 is 0 Å². The summed E-state index contributed by atoms with van der Waals surface area (Å²) in [6.07, 6.45) is 3.34. The first-order valence-electron chi connectivity index (χ1n) is 6.65. The Balaban J connectivity index is 2.03. The first-order chi connectivity index (χ1) is 9.65. The molecule has 0 unspecified atom stereocenters. The number of hydrogen-bond acceptors (Lipinski definition) is 3. The number of carboxylic acids is 1. The van der Waals surface area contributed by atoms with Gasteiger partial charge in [-0.1, -0.05) is 12.1 Å². The Labute approximate surface area is 117 Å². The van der Waals surface area contributed by atoms with Crippen molar-refractivity contribution in [2.24, 2.45) is 0 Å². The number of hydrogen-bond donors (Lipinski definition) is 1. The third-order valence-electron chi connectivity index (χ3n) is 3.20. The fraction of sp³-hybridized carbons (Fsp3) is 0.400. The van der Waals surface area contributed by atoms with Gasteiger partial charge >= 0.3 is 5.97 Å². The third kappa shape index (κ3) is 4.43. The van der Waals surface area contributed by atoms with E-state index in [0.29, 0.717) is 24.3 Å². The minimum Gasteiger partial charge on any atom is -0.478 e. The Kier molecular flexibility index (Phi) is 5.26. The minimum absolute atomic E-state index is 0.303. The molecule has 1 saturated heterocycles. The van der Waals surface area contributed by atoms with Crippen LogP contribution in [-0.4, -0.2) is 42.3 Å². The van der Waals surface area contributed by atoms with Crippen LogP contribution in [0.3, 0.4) is 0 Å². The second kappa shape index (κ2) is 7.17. The molecule has 0 atom stereocenters. The van der Waals surface area contributed by atoms with Crippen molar-refractivity contribution in [1.29, 1.82) is 0 Å². The molecule has 108 valence electrons. The van der Waals surface area contributed by atoms with Crippen LogP contribution in [0.2, 0.25) is 0 Å². The molecule has 0 aromatic heterocycles. The maximum absolute atomic E-state index is 14.0. The highest BCUT2D eigenvalue weighted by Crippen LogP contribution is 2.15. The van der Waals surface area contributed by atoms with Crippen LogP contribution in [0, 0.1) is 5.82 Å². The zero-order valence-corrected chi connectivity index (χ0v) is 11.2. The van der Waals surface area contributed by atoms with Crippen LogP contribution in [0.4, 0.5) is 4.39 Å². The molecule has 1 aromatic rings. The van der Waals surface area contributed by atoms with Gasteiger partial charge in [-0.25, -0.2) is 9.18 Å².